The molecule has 0 bridgehead atoms. The summed E-state index contributed by atoms with van der Waals surface area (Å²) in [7, 11) is 0. The third-order valence-electron chi connectivity index (χ3n) is 2.51. The molecule has 0 unspecified atom stereocenters. The molecule has 5 nitrogen and oxygen atoms in total. The van der Waals surface area contributed by atoms with Crippen LogP contribution < -0.4 is 0 Å². The van der Waals surface area contributed by atoms with E-state index in [1.165, 1.54) is 0 Å². The van der Waals surface area contributed by atoms with E-state index in [1.54, 1.807) is 45.0 Å². The number of hydrogen-bond donors (Lipinski definition) is 0. The molecule has 0 atom stereocenters. The summed E-state index contributed by atoms with van der Waals surface area (Å²) in [5.74, 6) is -1.32. The lowest BCUT2D eigenvalue weighted by atomic mass is 10.1. The first-order valence-corrected chi connectivity index (χ1v) is 6.92. The zero-order valence-electron chi connectivity index (χ0n) is 12.5. The summed E-state index contributed by atoms with van der Waals surface area (Å²) in [6.07, 6.45) is 0. The van der Waals surface area contributed by atoms with Crippen LogP contribution in [0.4, 0.5) is 0 Å². The minimum atomic E-state index is -0.747. The summed E-state index contributed by atoms with van der Waals surface area (Å²) < 4.78 is 15.4. The van der Waals surface area contributed by atoms with E-state index in [9.17, 15) is 9.59 Å². The molecule has 1 aromatic rings. The maximum atomic E-state index is 12.1. The Bertz CT molecular complexity index is 485. The molecular formula is C16H20O5. The molecule has 0 aliphatic heterocycles. The minimum absolute atomic E-state index is 0.163. The zero-order chi connectivity index (χ0) is 15.7. The average molecular weight is 292 g/mol. The summed E-state index contributed by atoms with van der Waals surface area (Å²) >= 11 is 0. The molecule has 114 valence electrons. The van der Waals surface area contributed by atoms with E-state index in [0.717, 1.165) is 0 Å². The van der Waals surface area contributed by atoms with Gasteiger partial charge in [-0.25, -0.2) is 9.59 Å². The van der Waals surface area contributed by atoms with Gasteiger partial charge >= 0.3 is 11.9 Å². The molecule has 1 aromatic carbocycles. The van der Waals surface area contributed by atoms with Gasteiger partial charge in [0.1, 0.15) is 5.76 Å². The van der Waals surface area contributed by atoms with Gasteiger partial charge in [0, 0.05) is 5.56 Å². The van der Waals surface area contributed by atoms with Gasteiger partial charge in [-0.05, 0) is 20.8 Å². The summed E-state index contributed by atoms with van der Waals surface area (Å²) in [4.78, 5) is 24.2. The Morgan fingerprint density at radius 3 is 1.71 bits per heavy atom. The molecule has 0 radical (unpaired) electrons. The van der Waals surface area contributed by atoms with Crippen molar-refractivity contribution in [3.63, 3.8) is 0 Å². The monoisotopic (exact) mass is 292 g/mol. The summed E-state index contributed by atoms with van der Waals surface area (Å²) in [6.45, 7) is 5.75. The third kappa shape index (κ3) is 4.63. The first kappa shape index (κ1) is 16.8. The second-order valence-corrected chi connectivity index (χ2v) is 3.94. The van der Waals surface area contributed by atoms with Crippen LogP contribution in [-0.2, 0) is 23.8 Å². The molecule has 0 amide bonds. The van der Waals surface area contributed by atoms with Crippen LogP contribution in [0.1, 0.15) is 26.3 Å². The van der Waals surface area contributed by atoms with Crippen LogP contribution in [0.15, 0.2) is 35.9 Å². The Balaban J connectivity index is 3.37. The van der Waals surface area contributed by atoms with E-state index in [4.69, 9.17) is 14.2 Å². The topological polar surface area (TPSA) is 61.8 Å². The fourth-order valence-corrected chi connectivity index (χ4v) is 1.71. The van der Waals surface area contributed by atoms with E-state index in [0.29, 0.717) is 12.2 Å². The van der Waals surface area contributed by atoms with Crippen molar-refractivity contribution >= 4 is 17.7 Å². The van der Waals surface area contributed by atoms with Crippen molar-refractivity contribution in [2.75, 3.05) is 19.8 Å². The van der Waals surface area contributed by atoms with Crippen molar-refractivity contribution in [2.24, 2.45) is 0 Å². The SMILES string of the molecule is CCOC(=O)C(C(=O)OCC)=C(OCC)c1ccccc1. The largest absolute Gasteiger partial charge is 0.492 e. The standard InChI is InChI=1S/C16H20O5/c1-4-19-14(12-10-8-7-9-11-12)13(15(17)20-5-2)16(18)21-6-3/h7-11H,4-6H2,1-3H3. The fourth-order valence-electron chi connectivity index (χ4n) is 1.71. The van der Waals surface area contributed by atoms with E-state index in [-0.39, 0.29) is 24.5 Å². The Labute approximate surface area is 124 Å². The first-order valence-electron chi connectivity index (χ1n) is 6.92. The number of benzene rings is 1. The average Bonchev–Trinajstić information content (AvgIpc) is 2.48. The van der Waals surface area contributed by atoms with Crippen molar-refractivity contribution in [2.45, 2.75) is 20.8 Å². The van der Waals surface area contributed by atoms with Crippen LogP contribution in [0.3, 0.4) is 0 Å². The summed E-state index contributed by atoms with van der Waals surface area (Å²) in [5, 5.41) is 0. The lowest BCUT2D eigenvalue weighted by Gasteiger charge is -2.14. The smallest absolute Gasteiger partial charge is 0.349 e. The van der Waals surface area contributed by atoms with E-state index >= 15 is 0 Å². The van der Waals surface area contributed by atoms with Crippen molar-refractivity contribution in [3.05, 3.63) is 41.5 Å². The third-order valence-corrected chi connectivity index (χ3v) is 2.51. The molecule has 0 spiro atoms. The zero-order valence-corrected chi connectivity index (χ0v) is 12.5. The molecule has 0 saturated heterocycles. The molecular weight excluding hydrogens is 272 g/mol. The van der Waals surface area contributed by atoms with Crippen molar-refractivity contribution in [3.8, 4) is 0 Å². The molecule has 0 fully saturated rings. The van der Waals surface area contributed by atoms with Gasteiger partial charge in [0.2, 0.25) is 0 Å². The Morgan fingerprint density at radius 1 is 0.810 bits per heavy atom. The lowest BCUT2D eigenvalue weighted by Crippen LogP contribution is -2.21. The highest BCUT2D eigenvalue weighted by atomic mass is 16.6. The summed E-state index contributed by atoms with van der Waals surface area (Å²) in [5.41, 5.74) is 0.405. The number of carbonyl (C=O) groups is 2. The van der Waals surface area contributed by atoms with Crippen LogP contribution in [-0.4, -0.2) is 31.8 Å². The Morgan fingerprint density at radius 2 is 1.29 bits per heavy atom. The second-order valence-electron chi connectivity index (χ2n) is 3.94. The number of esters is 2. The molecule has 5 heteroatoms. The van der Waals surface area contributed by atoms with E-state index < -0.39 is 11.9 Å². The molecule has 0 aliphatic carbocycles. The summed E-state index contributed by atoms with van der Waals surface area (Å²) in [6, 6.07) is 8.93. The fraction of sp³-hybridized carbons (Fsp3) is 0.375. The van der Waals surface area contributed by atoms with Crippen LogP contribution in [0, 0.1) is 0 Å². The van der Waals surface area contributed by atoms with Crippen LogP contribution >= 0.6 is 0 Å². The number of carbonyl (C=O) groups excluding carboxylic acids is 2. The maximum Gasteiger partial charge on any atom is 0.349 e. The van der Waals surface area contributed by atoms with E-state index in [2.05, 4.69) is 0 Å². The van der Waals surface area contributed by atoms with Gasteiger partial charge < -0.3 is 14.2 Å². The van der Waals surface area contributed by atoms with Gasteiger partial charge in [0.25, 0.3) is 0 Å². The predicted octanol–water partition coefficient (Wildman–Crippen LogP) is 2.56. The minimum Gasteiger partial charge on any atom is -0.492 e. The van der Waals surface area contributed by atoms with Gasteiger partial charge in [0.05, 0.1) is 19.8 Å². The highest BCUT2D eigenvalue weighted by molar-refractivity contribution is 6.19. The molecule has 0 aliphatic rings. The second kappa shape index (κ2) is 8.79. The van der Waals surface area contributed by atoms with Gasteiger partial charge in [0.15, 0.2) is 5.57 Å². The van der Waals surface area contributed by atoms with Gasteiger partial charge in [-0.1, -0.05) is 30.3 Å². The molecule has 21 heavy (non-hydrogen) atoms. The van der Waals surface area contributed by atoms with Crippen molar-refractivity contribution in [1.29, 1.82) is 0 Å². The highest BCUT2D eigenvalue weighted by Crippen LogP contribution is 2.22. The predicted molar refractivity (Wildman–Crippen MR) is 78.3 cm³/mol. The van der Waals surface area contributed by atoms with Gasteiger partial charge in [-0.3, -0.25) is 0 Å². The van der Waals surface area contributed by atoms with Crippen molar-refractivity contribution < 1.29 is 23.8 Å². The number of ether oxygens (including phenoxy) is 3. The number of rotatable bonds is 7. The van der Waals surface area contributed by atoms with Gasteiger partial charge in [-0.2, -0.15) is 0 Å². The maximum absolute atomic E-state index is 12.1. The molecule has 1 rings (SSSR count). The molecule has 0 N–H and O–H groups in total. The van der Waals surface area contributed by atoms with Gasteiger partial charge in [-0.15, -0.1) is 0 Å². The normalized spacial score (nSPS) is 9.67. The lowest BCUT2D eigenvalue weighted by molar-refractivity contribution is -0.146. The Hall–Kier alpha value is -2.30. The molecule has 0 aromatic heterocycles. The van der Waals surface area contributed by atoms with Crippen molar-refractivity contribution in [1.82, 2.24) is 0 Å². The molecule has 0 saturated carbocycles. The Kier molecular flexibility index (Phi) is 7.01. The first-order chi connectivity index (χ1) is 10.2. The highest BCUT2D eigenvalue weighted by Gasteiger charge is 2.28. The van der Waals surface area contributed by atoms with Crippen LogP contribution in [0.5, 0.6) is 0 Å². The quantitative estimate of drug-likeness (QED) is 0.254. The van der Waals surface area contributed by atoms with Crippen LogP contribution in [0.25, 0.3) is 5.76 Å². The van der Waals surface area contributed by atoms with E-state index in [1.807, 2.05) is 6.07 Å². The molecule has 0 heterocycles. The van der Waals surface area contributed by atoms with Crippen LogP contribution in [0.2, 0.25) is 0 Å². The number of hydrogen-bond acceptors (Lipinski definition) is 5.